The summed E-state index contributed by atoms with van der Waals surface area (Å²) in [7, 11) is -3.35. The molecule has 0 saturated heterocycles. The molecular weight excluding hydrogens is 609 g/mol. The average Bonchev–Trinajstić information content (AvgIpc) is 3.13. The highest BCUT2D eigenvalue weighted by atomic mass is 31.2. The Balaban J connectivity index is 1.72. The summed E-state index contributed by atoms with van der Waals surface area (Å²) < 4.78 is 2.82. The van der Waals surface area contributed by atoms with Crippen molar-refractivity contribution >= 4 is 56.3 Å². The molecule has 5 aromatic carbocycles. The van der Waals surface area contributed by atoms with Crippen molar-refractivity contribution in [3.05, 3.63) is 146 Å². The van der Waals surface area contributed by atoms with Gasteiger partial charge in [-0.05, 0) is 12.1 Å². The molecule has 0 aliphatic carbocycles. The van der Waals surface area contributed by atoms with E-state index in [4.69, 9.17) is 0 Å². The van der Waals surface area contributed by atoms with Crippen LogP contribution in [0.5, 0.6) is 0 Å². The van der Waals surface area contributed by atoms with Crippen molar-refractivity contribution in [2.24, 2.45) is 0 Å². The molecule has 5 rings (SSSR count). The van der Waals surface area contributed by atoms with Crippen LogP contribution in [0, 0.1) is 0 Å². The van der Waals surface area contributed by atoms with Gasteiger partial charge >= 0.3 is 0 Å². The van der Waals surface area contributed by atoms with Crippen LogP contribution in [-0.2, 0) is 0 Å². The number of nitrogens with zero attached hydrogens (tertiary/aromatic N) is 1. The number of rotatable bonds is 17. The van der Waals surface area contributed by atoms with E-state index in [-0.39, 0.29) is 0 Å². The minimum Gasteiger partial charge on any atom is -0.313 e. The molecule has 0 N–H and O–H groups in total. The SMILES string of the molecule is CCCC[Si](CCCC)(CCCC)c1ccc(N(P(c2ccccc2)c2ccccc2)P(c2ccccc2)c2ccccc2)cc1. The van der Waals surface area contributed by atoms with E-state index >= 15 is 0 Å². The zero-order valence-electron chi connectivity index (χ0n) is 28.1. The van der Waals surface area contributed by atoms with Crippen LogP contribution < -0.4 is 30.8 Å². The van der Waals surface area contributed by atoms with E-state index in [2.05, 4.69) is 171 Å². The third-order valence-corrected chi connectivity index (χ3v) is 20.1. The van der Waals surface area contributed by atoms with Gasteiger partial charge in [0.1, 0.15) is 0 Å². The lowest BCUT2D eigenvalue weighted by molar-refractivity contribution is 0.800. The first-order chi connectivity index (χ1) is 22.7. The third kappa shape index (κ3) is 8.46. The highest BCUT2D eigenvalue weighted by molar-refractivity contribution is 7.90. The van der Waals surface area contributed by atoms with Crippen LogP contribution in [-0.4, -0.2) is 8.07 Å². The van der Waals surface area contributed by atoms with E-state index in [1.807, 2.05) is 0 Å². The molecule has 46 heavy (non-hydrogen) atoms. The van der Waals surface area contributed by atoms with Crippen molar-refractivity contribution in [3.63, 3.8) is 0 Å². The highest BCUT2D eigenvalue weighted by Gasteiger charge is 2.35. The molecule has 0 saturated carbocycles. The van der Waals surface area contributed by atoms with Crippen LogP contribution in [0.15, 0.2) is 146 Å². The van der Waals surface area contributed by atoms with Crippen LogP contribution >= 0.6 is 16.1 Å². The fraction of sp³-hybridized carbons (Fsp3) is 0.286. The first-order valence-electron chi connectivity index (χ1n) is 17.4. The van der Waals surface area contributed by atoms with Gasteiger partial charge in [-0.2, -0.15) is 0 Å². The Kier molecular flexibility index (Phi) is 13.3. The Bertz CT molecular complexity index is 1360. The summed E-state index contributed by atoms with van der Waals surface area (Å²) >= 11 is 0. The van der Waals surface area contributed by atoms with Gasteiger partial charge in [-0.25, -0.2) is 0 Å². The molecule has 4 heteroatoms. The van der Waals surface area contributed by atoms with E-state index in [1.54, 1.807) is 5.19 Å². The predicted octanol–water partition coefficient (Wildman–Crippen LogP) is 10.6. The summed E-state index contributed by atoms with van der Waals surface area (Å²) in [4.78, 5) is 0. The van der Waals surface area contributed by atoms with Crippen molar-refractivity contribution in [1.82, 2.24) is 0 Å². The lowest BCUT2D eigenvalue weighted by atomic mass is 10.3. The summed E-state index contributed by atoms with van der Waals surface area (Å²) in [5.41, 5.74) is 1.32. The fourth-order valence-electron chi connectivity index (χ4n) is 6.63. The molecule has 0 heterocycles. The topological polar surface area (TPSA) is 3.24 Å². The van der Waals surface area contributed by atoms with Gasteiger partial charge < -0.3 is 4.44 Å². The molecule has 0 amide bonds. The molecule has 0 atom stereocenters. The zero-order chi connectivity index (χ0) is 32.0. The lowest BCUT2D eigenvalue weighted by Gasteiger charge is -2.41. The Hall–Kier alpha value is -3.02. The van der Waals surface area contributed by atoms with E-state index < -0.39 is 24.2 Å². The van der Waals surface area contributed by atoms with Crippen molar-refractivity contribution in [3.8, 4) is 0 Å². The van der Waals surface area contributed by atoms with E-state index in [0.717, 1.165) is 0 Å². The van der Waals surface area contributed by atoms with Crippen LogP contribution in [0.2, 0.25) is 18.1 Å². The second-order valence-electron chi connectivity index (χ2n) is 12.4. The van der Waals surface area contributed by atoms with E-state index in [9.17, 15) is 0 Å². The molecular formula is C42H51NP2Si. The maximum Gasteiger partial charge on any atom is 0.0867 e. The largest absolute Gasteiger partial charge is 0.313 e. The average molecular weight is 660 g/mol. The summed E-state index contributed by atoms with van der Waals surface area (Å²) in [5.74, 6) is 0. The fourth-order valence-corrected chi connectivity index (χ4v) is 18.2. The van der Waals surface area contributed by atoms with Crippen LogP contribution in [0.25, 0.3) is 0 Å². The maximum absolute atomic E-state index is 2.82. The second-order valence-corrected chi connectivity index (χ2v) is 21.5. The second kappa shape index (κ2) is 17.8. The monoisotopic (exact) mass is 659 g/mol. The standard InChI is InChI=1S/C42H51NP2Si/c1-4-7-34-46(35-8-5-2,36-9-6-3)42-32-30-37(31-33-42)43(44(38-22-14-10-15-23-38)39-24-16-11-17-25-39)45(40-26-18-12-19-27-40)41-28-20-13-21-29-41/h10-33H,4-9,34-36H2,1-3H3. The van der Waals surface area contributed by atoms with Crippen molar-refractivity contribution in [2.45, 2.75) is 77.4 Å². The Morgan fingerprint density at radius 1 is 0.413 bits per heavy atom. The molecule has 0 aliphatic rings. The van der Waals surface area contributed by atoms with Gasteiger partial charge in [-0.15, -0.1) is 0 Å². The van der Waals surface area contributed by atoms with Crippen molar-refractivity contribution in [1.29, 1.82) is 0 Å². The summed E-state index contributed by atoms with van der Waals surface area (Å²) in [6.45, 7) is 7.10. The van der Waals surface area contributed by atoms with Crippen molar-refractivity contribution in [2.75, 3.05) is 4.44 Å². The minimum absolute atomic E-state index is 0.870. The van der Waals surface area contributed by atoms with Crippen LogP contribution in [0.3, 0.4) is 0 Å². The molecule has 238 valence electrons. The molecule has 0 radical (unpaired) electrons. The molecule has 0 aromatic heterocycles. The molecule has 0 spiro atoms. The lowest BCUT2D eigenvalue weighted by Crippen LogP contribution is -2.47. The number of hydrogen-bond donors (Lipinski definition) is 0. The summed E-state index contributed by atoms with van der Waals surface area (Å²) in [5, 5.41) is 7.20. The number of hydrogen-bond acceptors (Lipinski definition) is 1. The number of anilines is 1. The highest BCUT2D eigenvalue weighted by Crippen LogP contribution is 2.57. The van der Waals surface area contributed by atoms with E-state index in [0.29, 0.717) is 0 Å². The maximum atomic E-state index is 2.82. The Morgan fingerprint density at radius 3 is 1.00 bits per heavy atom. The Labute approximate surface area is 282 Å². The van der Waals surface area contributed by atoms with Gasteiger partial charge in [-0.1, -0.05) is 216 Å². The predicted molar refractivity (Wildman–Crippen MR) is 212 cm³/mol. The Morgan fingerprint density at radius 2 is 0.717 bits per heavy atom. The summed E-state index contributed by atoms with van der Waals surface area (Å²) in [6, 6.07) is 59.3. The minimum atomic E-state index is -1.61. The molecule has 0 bridgehead atoms. The van der Waals surface area contributed by atoms with Gasteiger partial charge in [0.15, 0.2) is 0 Å². The van der Waals surface area contributed by atoms with Gasteiger partial charge in [0.2, 0.25) is 0 Å². The van der Waals surface area contributed by atoms with E-state index in [1.165, 1.54) is 83.6 Å². The quantitative estimate of drug-likeness (QED) is 0.0709. The normalized spacial score (nSPS) is 11.7. The number of unbranched alkanes of at least 4 members (excludes halogenated alkanes) is 3. The molecule has 0 unspecified atom stereocenters. The molecule has 5 aromatic rings. The van der Waals surface area contributed by atoms with Crippen molar-refractivity contribution < 1.29 is 0 Å². The van der Waals surface area contributed by atoms with Crippen LogP contribution in [0.4, 0.5) is 5.69 Å². The molecule has 0 fully saturated rings. The van der Waals surface area contributed by atoms with Gasteiger partial charge in [0.05, 0.1) is 24.2 Å². The molecule has 1 nitrogen and oxygen atoms in total. The van der Waals surface area contributed by atoms with Crippen LogP contribution in [0.1, 0.15) is 59.3 Å². The zero-order valence-corrected chi connectivity index (χ0v) is 30.9. The third-order valence-electron chi connectivity index (χ3n) is 9.12. The van der Waals surface area contributed by atoms with Gasteiger partial charge in [-0.3, -0.25) is 0 Å². The smallest absolute Gasteiger partial charge is 0.0867 e. The first kappa shape index (κ1) is 34.3. The molecule has 0 aliphatic heterocycles. The summed E-state index contributed by atoms with van der Waals surface area (Å²) in [6.07, 6.45) is 7.93. The van der Waals surface area contributed by atoms with Gasteiger partial charge in [0.25, 0.3) is 0 Å². The number of benzene rings is 5. The van der Waals surface area contributed by atoms with Gasteiger partial charge in [0, 0.05) is 26.9 Å². The first-order valence-corrected chi connectivity index (χ1v) is 22.6.